The Kier molecular flexibility index (Phi) is 2.63. The Morgan fingerprint density at radius 1 is 1.71 bits per heavy atom. The normalized spacial score (nSPS) is 21.4. The van der Waals surface area contributed by atoms with Crippen molar-refractivity contribution in [3.8, 4) is 0 Å². The van der Waals surface area contributed by atoms with Crippen LogP contribution in [0.25, 0.3) is 0 Å². The van der Waals surface area contributed by atoms with Gasteiger partial charge in [-0.2, -0.15) is 0 Å². The fraction of sp³-hybridized carbons (Fsp3) is 0.600. The molecular formula is C10H13NO3. The van der Waals surface area contributed by atoms with Crippen molar-refractivity contribution in [2.75, 3.05) is 6.61 Å². The molecule has 0 bridgehead atoms. The number of ether oxygens (including phenoxy) is 1. The fourth-order valence-corrected chi connectivity index (χ4v) is 1.60. The van der Waals surface area contributed by atoms with Gasteiger partial charge in [-0.05, 0) is 12.8 Å². The predicted octanol–water partition coefficient (Wildman–Crippen LogP) is 1.60. The summed E-state index contributed by atoms with van der Waals surface area (Å²) in [4.78, 5) is 10.9. The zero-order valence-electron chi connectivity index (χ0n) is 8.16. The van der Waals surface area contributed by atoms with Gasteiger partial charge in [-0.1, -0.05) is 5.16 Å². The van der Waals surface area contributed by atoms with Crippen molar-refractivity contribution in [3.05, 3.63) is 17.5 Å². The molecule has 0 N–H and O–H groups in total. The summed E-state index contributed by atoms with van der Waals surface area (Å²) in [5.74, 6) is 0.675. The molecule has 1 unspecified atom stereocenters. The van der Waals surface area contributed by atoms with E-state index in [0.717, 1.165) is 31.6 Å². The van der Waals surface area contributed by atoms with Crippen molar-refractivity contribution in [3.63, 3.8) is 0 Å². The summed E-state index contributed by atoms with van der Waals surface area (Å²) in [6.07, 6.45) is 3.14. The van der Waals surface area contributed by atoms with Gasteiger partial charge in [-0.3, -0.25) is 4.79 Å². The van der Waals surface area contributed by atoms with Gasteiger partial charge in [0.2, 0.25) is 0 Å². The lowest BCUT2D eigenvalue weighted by Gasteiger charge is -2.04. The minimum Gasteiger partial charge on any atom is -0.378 e. The van der Waals surface area contributed by atoms with E-state index < -0.39 is 0 Å². The van der Waals surface area contributed by atoms with E-state index >= 15 is 0 Å². The molecule has 4 nitrogen and oxygen atoms in total. The fourth-order valence-electron chi connectivity index (χ4n) is 1.60. The number of carbonyl (C=O) groups excluding carboxylic acids is 1. The first kappa shape index (κ1) is 9.40. The summed E-state index contributed by atoms with van der Waals surface area (Å²) < 4.78 is 10.5. The first-order valence-electron chi connectivity index (χ1n) is 4.84. The minimum atomic E-state index is -0.0626. The molecule has 1 fully saturated rings. The third-order valence-corrected chi connectivity index (χ3v) is 2.37. The summed E-state index contributed by atoms with van der Waals surface area (Å²) in [7, 11) is 0. The third-order valence-electron chi connectivity index (χ3n) is 2.37. The number of hydrogen-bond donors (Lipinski definition) is 0. The SMILES string of the molecule is CC(=O)c1cc(CC2CCCO2)on1. The summed E-state index contributed by atoms with van der Waals surface area (Å²) in [6, 6.07) is 1.70. The molecule has 0 radical (unpaired) electrons. The Labute approximate surface area is 82.2 Å². The maximum absolute atomic E-state index is 10.9. The molecule has 0 amide bonds. The van der Waals surface area contributed by atoms with Crippen molar-refractivity contribution in [1.82, 2.24) is 5.16 Å². The molecule has 1 atom stereocenters. The lowest BCUT2D eigenvalue weighted by atomic mass is 10.1. The Morgan fingerprint density at radius 2 is 2.57 bits per heavy atom. The van der Waals surface area contributed by atoms with Gasteiger partial charge in [0.15, 0.2) is 5.78 Å². The molecule has 0 aliphatic carbocycles. The molecule has 76 valence electrons. The van der Waals surface area contributed by atoms with Crippen molar-refractivity contribution in [2.45, 2.75) is 32.3 Å². The standard InChI is InChI=1S/C10H13NO3/c1-7(12)10-6-9(14-11-10)5-8-3-2-4-13-8/h6,8H,2-5H2,1H3. The van der Waals surface area contributed by atoms with Gasteiger partial charge in [-0.25, -0.2) is 0 Å². The van der Waals surface area contributed by atoms with Gasteiger partial charge in [0.1, 0.15) is 11.5 Å². The van der Waals surface area contributed by atoms with E-state index in [0.29, 0.717) is 5.69 Å². The molecule has 0 aromatic carbocycles. The monoisotopic (exact) mass is 195 g/mol. The minimum absolute atomic E-state index is 0.0626. The van der Waals surface area contributed by atoms with E-state index in [4.69, 9.17) is 9.26 Å². The Bertz CT molecular complexity index is 326. The van der Waals surface area contributed by atoms with E-state index in [1.54, 1.807) is 6.07 Å². The van der Waals surface area contributed by atoms with Crippen LogP contribution in [-0.4, -0.2) is 23.7 Å². The maximum Gasteiger partial charge on any atom is 0.181 e. The molecule has 0 spiro atoms. The second kappa shape index (κ2) is 3.92. The van der Waals surface area contributed by atoms with Crippen LogP contribution in [-0.2, 0) is 11.2 Å². The second-order valence-electron chi connectivity index (χ2n) is 3.57. The van der Waals surface area contributed by atoms with Gasteiger partial charge >= 0.3 is 0 Å². The third kappa shape index (κ3) is 2.01. The highest BCUT2D eigenvalue weighted by Crippen LogP contribution is 2.17. The van der Waals surface area contributed by atoms with Crippen molar-refractivity contribution >= 4 is 5.78 Å². The van der Waals surface area contributed by atoms with Crippen LogP contribution < -0.4 is 0 Å². The molecule has 1 aliphatic rings. The highest BCUT2D eigenvalue weighted by Gasteiger charge is 2.18. The molecule has 1 aliphatic heterocycles. The van der Waals surface area contributed by atoms with Gasteiger partial charge in [-0.15, -0.1) is 0 Å². The molecule has 0 saturated carbocycles. The van der Waals surface area contributed by atoms with Crippen LogP contribution in [0, 0.1) is 0 Å². The number of aromatic nitrogens is 1. The largest absolute Gasteiger partial charge is 0.378 e. The highest BCUT2D eigenvalue weighted by atomic mass is 16.5. The van der Waals surface area contributed by atoms with Gasteiger partial charge < -0.3 is 9.26 Å². The smallest absolute Gasteiger partial charge is 0.181 e. The van der Waals surface area contributed by atoms with Crippen LogP contribution in [0.2, 0.25) is 0 Å². The van der Waals surface area contributed by atoms with Gasteiger partial charge in [0, 0.05) is 26.0 Å². The van der Waals surface area contributed by atoms with Crippen LogP contribution in [0.15, 0.2) is 10.6 Å². The summed E-state index contributed by atoms with van der Waals surface area (Å²) in [5.41, 5.74) is 0.401. The van der Waals surface area contributed by atoms with Crippen LogP contribution in [0.1, 0.15) is 36.0 Å². The average molecular weight is 195 g/mol. The maximum atomic E-state index is 10.9. The molecule has 2 rings (SSSR count). The van der Waals surface area contributed by atoms with Crippen LogP contribution >= 0.6 is 0 Å². The number of ketones is 1. The lowest BCUT2D eigenvalue weighted by molar-refractivity contribution is 0.100. The first-order valence-corrected chi connectivity index (χ1v) is 4.84. The molecule has 14 heavy (non-hydrogen) atoms. The molecule has 2 heterocycles. The van der Waals surface area contributed by atoms with Crippen molar-refractivity contribution in [1.29, 1.82) is 0 Å². The van der Waals surface area contributed by atoms with Crippen LogP contribution in [0.3, 0.4) is 0 Å². The van der Waals surface area contributed by atoms with Crippen molar-refractivity contribution < 1.29 is 14.1 Å². The van der Waals surface area contributed by atoms with E-state index in [9.17, 15) is 4.79 Å². The number of Topliss-reactive ketones (excluding diaryl/α,β-unsaturated/α-hetero) is 1. The summed E-state index contributed by atoms with van der Waals surface area (Å²) in [5, 5.41) is 3.68. The number of nitrogens with zero attached hydrogens (tertiary/aromatic N) is 1. The molecule has 4 heteroatoms. The Balaban J connectivity index is 1.98. The van der Waals surface area contributed by atoms with E-state index in [-0.39, 0.29) is 11.9 Å². The number of carbonyl (C=O) groups is 1. The van der Waals surface area contributed by atoms with Gasteiger partial charge in [0.05, 0.1) is 6.10 Å². The Hall–Kier alpha value is -1.16. The average Bonchev–Trinajstić information content (AvgIpc) is 2.75. The number of hydrogen-bond acceptors (Lipinski definition) is 4. The second-order valence-corrected chi connectivity index (χ2v) is 3.57. The van der Waals surface area contributed by atoms with Crippen molar-refractivity contribution in [2.24, 2.45) is 0 Å². The van der Waals surface area contributed by atoms with Crippen LogP contribution in [0.4, 0.5) is 0 Å². The quantitative estimate of drug-likeness (QED) is 0.687. The lowest BCUT2D eigenvalue weighted by Crippen LogP contribution is -2.07. The van der Waals surface area contributed by atoms with E-state index in [2.05, 4.69) is 5.16 Å². The highest BCUT2D eigenvalue weighted by molar-refractivity contribution is 5.91. The molecule has 1 saturated heterocycles. The molecule has 1 aromatic heterocycles. The molecular weight excluding hydrogens is 182 g/mol. The summed E-state index contributed by atoms with van der Waals surface area (Å²) >= 11 is 0. The first-order chi connectivity index (χ1) is 6.75. The zero-order valence-corrected chi connectivity index (χ0v) is 8.16. The molecule has 1 aromatic rings. The Morgan fingerprint density at radius 3 is 3.14 bits per heavy atom. The topological polar surface area (TPSA) is 52.3 Å². The van der Waals surface area contributed by atoms with Gasteiger partial charge in [0.25, 0.3) is 0 Å². The van der Waals surface area contributed by atoms with Crippen LogP contribution in [0.5, 0.6) is 0 Å². The van der Waals surface area contributed by atoms with E-state index in [1.807, 2.05) is 0 Å². The zero-order chi connectivity index (χ0) is 9.97. The number of rotatable bonds is 3. The van der Waals surface area contributed by atoms with E-state index in [1.165, 1.54) is 6.92 Å². The summed E-state index contributed by atoms with van der Waals surface area (Å²) in [6.45, 7) is 2.31. The predicted molar refractivity (Wildman–Crippen MR) is 49.2 cm³/mol.